The lowest BCUT2D eigenvalue weighted by Crippen LogP contribution is -2.05. The largest absolute Gasteiger partial charge is 0.418 e. The second-order valence-corrected chi connectivity index (χ2v) is 5.18. The first-order valence-electron chi connectivity index (χ1n) is 6.00. The highest BCUT2D eigenvalue weighted by molar-refractivity contribution is 6.65. The van der Waals surface area contributed by atoms with Crippen molar-refractivity contribution in [2.24, 2.45) is 4.99 Å². The maximum Gasteiger partial charge on any atom is 0.418 e. The summed E-state index contributed by atoms with van der Waals surface area (Å²) < 4.78 is 38.8. The van der Waals surface area contributed by atoms with Crippen LogP contribution >= 0.6 is 23.2 Å². The molecule has 0 aliphatic heterocycles. The topological polar surface area (TPSA) is 12.4 Å². The average Bonchev–Trinajstić information content (AvgIpc) is 2.40. The third-order valence-electron chi connectivity index (χ3n) is 2.70. The smallest absolute Gasteiger partial charge is 0.240 e. The van der Waals surface area contributed by atoms with E-state index in [4.69, 9.17) is 23.2 Å². The minimum Gasteiger partial charge on any atom is -0.240 e. The first-order chi connectivity index (χ1) is 9.86. The molecule has 0 spiro atoms. The van der Waals surface area contributed by atoms with Crippen LogP contribution in [-0.4, -0.2) is 5.17 Å². The molecule has 0 saturated carbocycles. The van der Waals surface area contributed by atoms with Crippen molar-refractivity contribution in [3.05, 3.63) is 64.7 Å². The van der Waals surface area contributed by atoms with Gasteiger partial charge in [0.25, 0.3) is 0 Å². The van der Waals surface area contributed by atoms with Gasteiger partial charge in [0, 0.05) is 11.4 Å². The molecule has 0 N–H and O–H groups in total. The van der Waals surface area contributed by atoms with Crippen LogP contribution in [-0.2, 0) is 12.6 Å². The number of benzene rings is 2. The zero-order valence-electron chi connectivity index (χ0n) is 10.7. The van der Waals surface area contributed by atoms with E-state index in [9.17, 15) is 13.2 Å². The van der Waals surface area contributed by atoms with E-state index in [0.29, 0.717) is 0 Å². The van der Waals surface area contributed by atoms with Crippen LogP contribution < -0.4 is 0 Å². The summed E-state index contributed by atoms with van der Waals surface area (Å²) in [5.74, 6) is 0. The van der Waals surface area contributed by atoms with E-state index < -0.39 is 11.7 Å². The molecule has 110 valence electrons. The number of rotatable bonds is 3. The van der Waals surface area contributed by atoms with E-state index in [-0.39, 0.29) is 22.3 Å². The van der Waals surface area contributed by atoms with Crippen molar-refractivity contribution in [2.75, 3.05) is 0 Å². The van der Waals surface area contributed by atoms with Gasteiger partial charge in [0.1, 0.15) is 5.17 Å². The standard InChI is InChI=1S/C15H10Cl2F3N/c16-11-6-7-13(12(9-11)15(18,19)20)21-14(17)8-10-4-2-1-3-5-10/h1-7,9H,8H2. The van der Waals surface area contributed by atoms with Gasteiger partial charge in [-0.05, 0) is 23.8 Å². The fourth-order valence-electron chi connectivity index (χ4n) is 1.77. The molecule has 0 saturated heterocycles. The molecular formula is C15H10Cl2F3N. The lowest BCUT2D eigenvalue weighted by atomic mass is 10.1. The Hall–Kier alpha value is -1.52. The Kier molecular flexibility index (Phi) is 4.91. The van der Waals surface area contributed by atoms with Gasteiger partial charge < -0.3 is 0 Å². The van der Waals surface area contributed by atoms with Crippen molar-refractivity contribution in [3.63, 3.8) is 0 Å². The molecule has 0 aliphatic rings. The van der Waals surface area contributed by atoms with Crippen molar-refractivity contribution >= 4 is 34.1 Å². The lowest BCUT2D eigenvalue weighted by Gasteiger charge is -2.10. The number of alkyl halides is 3. The van der Waals surface area contributed by atoms with Crippen LogP contribution in [0.4, 0.5) is 18.9 Å². The molecule has 21 heavy (non-hydrogen) atoms. The predicted octanol–water partition coefficient (Wildman–Crippen LogP) is 5.87. The minimum absolute atomic E-state index is 0.000423. The Morgan fingerprint density at radius 3 is 2.33 bits per heavy atom. The van der Waals surface area contributed by atoms with Gasteiger partial charge in [0.05, 0.1) is 11.3 Å². The molecule has 0 aromatic heterocycles. The van der Waals surface area contributed by atoms with Crippen LogP contribution in [0.25, 0.3) is 0 Å². The molecule has 0 fully saturated rings. The Morgan fingerprint density at radius 1 is 1.05 bits per heavy atom. The molecule has 2 aromatic carbocycles. The second-order valence-electron chi connectivity index (χ2n) is 4.31. The quantitative estimate of drug-likeness (QED) is 0.623. The number of aliphatic imine (C=N–C) groups is 1. The molecule has 1 nitrogen and oxygen atoms in total. The summed E-state index contributed by atoms with van der Waals surface area (Å²) in [6.45, 7) is 0. The molecule has 2 aromatic rings. The third kappa shape index (κ3) is 4.48. The van der Waals surface area contributed by atoms with E-state index >= 15 is 0 Å². The van der Waals surface area contributed by atoms with Crippen molar-refractivity contribution in [1.29, 1.82) is 0 Å². The highest BCUT2D eigenvalue weighted by atomic mass is 35.5. The van der Waals surface area contributed by atoms with Crippen molar-refractivity contribution in [3.8, 4) is 0 Å². The maximum absolute atomic E-state index is 12.9. The Bertz CT molecular complexity index is 652. The van der Waals surface area contributed by atoms with Crippen LogP contribution in [0.15, 0.2) is 53.5 Å². The van der Waals surface area contributed by atoms with Crippen LogP contribution in [0.3, 0.4) is 0 Å². The summed E-state index contributed by atoms with van der Waals surface area (Å²) in [5, 5.41) is 0.0782. The van der Waals surface area contributed by atoms with Crippen molar-refractivity contribution < 1.29 is 13.2 Å². The Labute approximate surface area is 130 Å². The highest BCUT2D eigenvalue weighted by Crippen LogP contribution is 2.38. The minimum atomic E-state index is -4.53. The van der Waals surface area contributed by atoms with Crippen molar-refractivity contribution in [2.45, 2.75) is 12.6 Å². The van der Waals surface area contributed by atoms with Gasteiger partial charge in [-0.15, -0.1) is 0 Å². The molecule has 0 aliphatic carbocycles. The maximum atomic E-state index is 12.9. The van der Waals surface area contributed by atoms with Crippen molar-refractivity contribution in [1.82, 2.24) is 0 Å². The van der Waals surface area contributed by atoms with Crippen LogP contribution in [0, 0.1) is 0 Å². The Morgan fingerprint density at radius 2 is 1.71 bits per heavy atom. The van der Waals surface area contributed by atoms with E-state index in [0.717, 1.165) is 11.6 Å². The molecule has 0 bridgehead atoms. The molecule has 6 heteroatoms. The SMILES string of the molecule is FC(F)(F)c1cc(Cl)ccc1N=C(Cl)Cc1ccccc1. The van der Waals surface area contributed by atoms with Gasteiger partial charge in [0.2, 0.25) is 0 Å². The van der Waals surface area contributed by atoms with Gasteiger partial charge >= 0.3 is 6.18 Å². The monoisotopic (exact) mass is 331 g/mol. The summed E-state index contributed by atoms with van der Waals surface area (Å²) in [6, 6.07) is 12.5. The molecular weight excluding hydrogens is 322 g/mol. The summed E-state index contributed by atoms with van der Waals surface area (Å²) in [4.78, 5) is 3.87. The average molecular weight is 332 g/mol. The highest BCUT2D eigenvalue weighted by Gasteiger charge is 2.33. The third-order valence-corrected chi connectivity index (χ3v) is 3.15. The van der Waals surface area contributed by atoms with E-state index in [1.807, 2.05) is 30.3 Å². The molecule has 2 rings (SSSR count). The summed E-state index contributed by atoms with van der Waals surface area (Å²) >= 11 is 11.6. The molecule has 0 amide bonds. The molecule has 0 heterocycles. The second kappa shape index (κ2) is 6.50. The number of hydrogen-bond acceptors (Lipinski definition) is 1. The molecule has 0 radical (unpaired) electrons. The fourth-order valence-corrected chi connectivity index (χ4v) is 2.18. The molecule has 0 unspecified atom stereocenters. The molecule has 0 atom stereocenters. The van der Waals surface area contributed by atoms with Gasteiger partial charge in [-0.3, -0.25) is 0 Å². The van der Waals surface area contributed by atoms with E-state index in [1.165, 1.54) is 12.1 Å². The predicted molar refractivity (Wildman–Crippen MR) is 79.5 cm³/mol. The summed E-state index contributed by atoms with van der Waals surface area (Å²) in [5.41, 5.74) is -0.275. The number of halogens is 5. The van der Waals surface area contributed by atoms with Crippen LogP contribution in [0.1, 0.15) is 11.1 Å². The van der Waals surface area contributed by atoms with Crippen LogP contribution in [0.5, 0.6) is 0 Å². The summed E-state index contributed by atoms with van der Waals surface area (Å²) in [6.07, 6.45) is -4.27. The first kappa shape index (κ1) is 15.9. The van der Waals surface area contributed by atoms with Gasteiger partial charge in [0.15, 0.2) is 0 Å². The van der Waals surface area contributed by atoms with Crippen LogP contribution in [0.2, 0.25) is 5.02 Å². The Balaban J connectivity index is 2.32. The normalized spacial score (nSPS) is 12.5. The van der Waals surface area contributed by atoms with Gasteiger partial charge in [-0.1, -0.05) is 53.5 Å². The van der Waals surface area contributed by atoms with Gasteiger partial charge in [-0.2, -0.15) is 13.2 Å². The lowest BCUT2D eigenvalue weighted by molar-refractivity contribution is -0.137. The summed E-state index contributed by atoms with van der Waals surface area (Å²) in [7, 11) is 0. The number of hydrogen-bond donors (Lipinski definition) is 0. The zero-order valence-corrected chi connectivity index (χ0v) is 12.2. The zero-order chi connectivity index (χ0) is 15.5. The first-order valence-corrected chi connectivity index (χ1v) is 6.75. The van der Waals surface area contributed by atoms with Gasteiger partial charge in [-0.25, -0.2) is 4.99 Å². The van der Waals surface area contributed by atoms with E-state index in [2.05, 4.69) is 4.99 Å². The van der Waals surface area contributed by atoms with E-state index in [1.54, 1.807) is 0 Å². The number of nitrogens with zero attached hydrogens (tertiary/aromatic N) is 1. The fraction of sp³-hybridized carbons (Fsp3) is 0.133.